The Morgan fingerprint density at radius 2 is 1.68 bits per heavy atom. The Labute approximate surface area is 162 Å². The van der Waals surface area contributed by atoms with E-state index in [1.165, 1.54) is 12.1 Å². The summed E-state index contributed by atoms with van der Waals surface area (Å²) in [6.07, 6.45) is 0. The first-order valence-electron chi connectivity index (χ1n) is 8.57. The number of hydrazine groups is 1. The third-order valence-corrected chi connectivity index (χ3v) is 4.23. The Bertz CT molecular complexity index is 959. The summed E-state index contributed by atoms with van der Waals surface area (Å²) >= 11 is 0. The predicted octanol–water partition coefficient (Wildman–Crippen LogP) is 3.63. The van der Waals surface area contributed by atoms with Crippen LogP contribution in [0.15, 0.2) is 78.9 Å². The number of carbonyl (C=O) groups is 1. The summed E-state index contributed by atoms with van der Waals surface area (Å²) in [5.74, 6) is 0.388. The molecule has 0 bridgehead atoms. The number of carbonyl (C=O) groups excluding carboxylic acids is 1. The van der Waals surface area contributed by atoms with Crippen molar-refractivity contribution in [3.05, 3.63) is 106 Å². The van der Waals surface area contributed by atoms with Crippen LogP contribution in [0.4, 0.5) is 5.69 Å². The van der Waals surface area contributed by atoms with Crippen molar-refractivity contribution in [1.82, 2.24) is 10.9 Å². The maximum Gasteiger partial charge on any atom is 0.269 e. The van der Waals surface area contributed by atoms with Gasteiger partial charge in [-0.25, -0.2) is 5.43 Å². The van der Waals surface area contributed by atoms with Gasteiger partial charge in [0, 0.05) is 17.7 Å². The molecule has 1 atom stereocenters. The van der Waals surface area contributed by atoms with Crippen molar-refractivity contribution in [2.45, 2.75) is 6.04 Å². The van der Waals surface area contributed by atoms with Crippen molar-refractivity contribution in [1.29, 1.82) is 0 Å². The van der Waals surface area contributed by atoms with Crippen molar-refractivity contribution in [2.24, 2.45) is 0 Å². The van der Waals surface area contributed by atoms with E-state index in [0.717, 1.165) is 5.56 Å². The van der Waals surface area contributed by atoms with E-state index in [9.17, 15) is 14.9 Å². The molecule has 0 spiro atoms. The molecule has 0 saturated carbocycles. The normalized spacial score (nSPS) is 11.5. The summed E-state index contributed by atoms with van der Waals surface area (Å²) in [6.45, 7) is 0. The number of hydrogen-bond donors (Lipinski definition) is 2. The van der Waals surface area contributed by atoms with Gasteiger partial charge in [0.25, 0.3) is 11.6 Å². The lowest BCUT2D eigenvalue weighted by atomic mass is 9.99. The lowest BCUT2D eigenvalue weighted by Crippen LogP contribution is -2.40. The van der Waals surface area contributed by atoms with Gasteiger partial charge in [-0.2, -0.15) is 0 Å². The largest absolute Gasteiger partial charge is 0.497 e. The standard InChI is InChI=1S/C21H19N3O4/c1-28-19-12-10-15(11-13-19)20(17-8-5-9-18(14-17)24(26)27)22-23-21(25)16-6-3-2-4-7-16/h2-14,20,22H,1H3,(H,23,25). The highest BCUT2D eigenvalue weighted by atomic mass is 16.6. The Balaban J connectivity index is 1.88. The summed E-state index contributed by atoms with van der Waals surface area (Å²) in [4.78, 5) is 23.1. The fourth-order valence-corrected chi connectivity index (χ4v) is 2.77. The van der Waals surface area contributed by atoms with Gasteiger partial charge in [0.1, 0.15) is 5.75 Å². The molecule has 1 amide bonds. The lowest BCUT2D eigenvalue weighted by Gasteiger charge is -2.20. The second-order valence-corrected chi connectivity index (χ2v) is 6.02. The average molecular weight is 377 g/mol. The Kier molecular flexibility index (Phi) is 5.98. The number of methoxy groups -OCH3 is 1. The molecule has 7 nitrogen and oxygen atoms in total. The van der Waals surface area contributed by atoms with Crippen LogP contribution in [-0.2, 0) is 0 Å². The van der Waals surface area contributed by atoms with Gasteiger partial charge in [-0.1, -0.05) is 42.5 Å². The first-order valence-corrected chi connectivity index (χ1v) is 8.57. The zero-order valence-electron chi connectivity index (χ0n) is 15.2. The van der Waals surface area contributed by atoms with Crippen molar-refractivity contribution in [3.8, 4) is 5.75 Å². The molecule has 3 rings (SSSR count). The Morgan fingerprint density at radius 1 is 0.964 bits per heavy atom. The maximum absolute atomic E-state index is 12.4. The first-order chi connectivity index (χ1) is 13.6. The van der Waals surface area contributed by atoms with E-state index in [-0.39, 0.29) is 11.6 Å². The minimum Gasteiger partial charge on any atom is -0.497 e. The Hall–Kier alpha value is -3.71. The minimum absolute atomic E-state index is 0.0211. The molecule has 3 aromatic rings. The monoisotopic (exact) mass is 377 g/mol. The molecule has 7 heteroatoms. The van der Waals surface area contributed by atoms with Crippen LogP contribution in [-0.4, -0.2) is 17.9 Å². The molecule has 2 N–H and O–H groups in total. The molecule has 0 aromatic heterocycles. The van der Waals surface area contributed by atoms with Gasteiger partial charge in [0.2, 0.25) is 0 Å². The molecular weight excluding hydrogens is 358 g/mol. The number of non-ortho nitro benzene ring substituents is 1. The van der Waals surface area contributed by atoms with Crippen LogP contribution in [0.25, 0.3) is 0 Å². The predicted molar refractivity (Wildman–Crippen MR) is 105 cm³/mol. The lowest BCUT2D eigenvalue weighted by molar-refractivity contribution is -0.384. The van der Waals surface area contributed by atoms with E-state index >= 15 is 0 Å². The van der Waals surface area contributed by atoms with Gasteiger partial charge in [-0.15, -0.1) is 0 Å². The van der Waals surface area contributed by atoms with Crippen LogP contribution in [0, 0.1) is 10.1 Å². The first kappa shape index (κ1) is 19.1. The third-order valence-electron chi connectivity index (χ3n) is 4.23. The summed E-state index contributed by atoms with van der Waals surface area (Å²) in [5, 5.41) is 11.1. The summed E-state index contributed by atoms with van der Waals surface area (Å²) < 4.78 is 5.18. The van der Waals surface area contributed by atoms with E-state index in [1.54, 1.807) is 55.6 Å². The number of rotatable bonds is 7. The van der Waals surface area contributed by atoms with E-state index in [1.807, 2.05) is 18.2 Å². The molecule has 0 aliphatic carbocycles. The number of nitrogens with one attached hydrogen (secondary N) is 2. The van der Waals surface area contributed by atoms with Crippen LogP contribution in [0.3, 0.4) is 0 Å². The summed E-state index contributed by atoms with van der Waals surface area (Å²) in [5.41, 5.74) is 7.62. The van der Waals surface area contributed by atoms with Gasteiger partial charge in [-0.05, 0) is 35.4 Å². The summed E-state index contributed by atoms with van der Waals surface area (Å²) in [6, 6.07) is 21.8. The highest BCUT2D eigenvalue weighted by Gasteiger charge is 2.18. The van der Waals surface area contributed by atoms with Crippen LogP contribution in [0.1, 0.15) is 27.5 Å². The van der Waals surface area contributed by atoms with E-state index in [2.05, 4.69) is 10.9 Å². The molecule has 28 heavy (non-hydrogen) atoms. The highest BCUT2D eigenvalue weighted by molar-refractivity contribution is 5.93. The smallest absolute Gasteiger partial charge is 0.269 e. The fraction of sp³-hybridized carbons (Fsp3) is 0.0952. The molecule has 0 aliphatic heterocycles. The van der Waals surface area contributed by atoms with Crippen LogP contribution in [0.2, 0.25) is 0 Å². The van der Waals surface area contributed by atoms with E-state index in [4.69, 9.17) is 4.74 Å². The van der Waals surface area contributed by atoms with Crippen LogP contribution >= 0.6 is 0 Å². The van der Waals surface area contributed by atoms with E-state index < -0.39 is 11.0 Å². The molecule has 0 heterocycles. The van der Waals surface area contributed by atoms with Crippen LogP contribution < -0.4 is 15.6 Å². The summed E-state index contributed by atoms with van der Waals surface area (Å²) in [7, 11) is 1.57. The second kappa shape index (κ2) is 8.79. The van der Waals surface area contributed by atoms with Crippen LogP contribution in [0.5, 0.6) is 5.75 Å². The Morgan fingerprint density at radius 3 is 2.32 bits per heavy atom. The number of nitro groups is 1. The minimum atomic E-state index is -0.488. The zero-order chi connectivity index (χ0) is 19.9. The van der Waals surface area contributed by atoms with Crippen molar-refractivity contribution in [3.63, 3.8) is 0 Å². The molecule has 0 aliphatic rings. The van der Waals surface area contributed by atoms with Crippen molar-refractivity contribution < 1.29 is 14.5 Å². The third kappa shape index (κ3) is 4.52. The molecule has 0 saturated heterocycles. The number of hydrogen-bond acceptors (Lipinski definition) is 5. The topological polar surface area (TPSA) is 93.5 Å². The number of nitro benzene ring substituents is 1. The van der Waals surface area contributed by atoms with Crippen molar-refractivity contribution >= 4 is 11.6 Å². The number of amides is 1. The van der Waals surface area contributed by atoms with E-state index in [0.29, 0.717) is 16.9 Å². The van der Waals surface area contributed by atoms with Gasteiger partial charge >= 0.3 is 0 Å². The van der Waals surface area contributed by atoms with Gasteiger partial charge in [0.05, 0.1) is 18.1 Å². The van der Waals surface area contributed by atoms with Gasteiger partial charge in [-0.3, -0.25) is 20.3 Å². The molecule has 142 valence electrons. The maximum atomic E-state index is 12.4. The number of nitrogens with zero attached hydrogens (tertiary/aromatic N) is 1. The second-order valence-electron chi connectivity index (χ2n) is 6.02. The highest BCUT2D eigenvalue weighted by Crippen LogP contribution is 2.26. The van der Waals surface area contributed by atoms with Gasteiger partial charge in [0.15, 0.2) is 0 Å². The van der Waals surface area contributed by atoms with Gasteiger partial charge < -0.3 is 4.74 Å². The average Bonchev–Trinajstić information content (AvgIpc) is 2.75. The SMILES string of the molecule is COc1ccc(C(NNC(=O)c2ccccc2)c2cccc([N+](=O)[O-])c2)cc1. The molecule has 3 aromatic carbocycles. The fourth-order valence-electron chi connectivity index (χ4n) is 2.77. The van der Waals surface area contributed by atoms with Crippen molar-refractivity contribution in [2.75, 3.05) is 7.11 Å². The zero-order valence-corrected chi connectivity index (χ0v) is 15.2. The molecular formula is C21H19N3O4. The molecule has 1 unspecified atom stereocenters. The number of ether oxygens (including phenoxy) is 1. The number of benzene rings is 3. The quantitative estimate of drug-likeness (QED) is 0.484. The molecule has 0 radical (unpaired) electrons. The molecule has 0 fully saturated rings.